The maximum Gasteiger partial charge on any atom is 0.378 e. The SMILES string of the molecule is CS[B]C(=O)O[B]C(C)(C)C([B]OC(=O)[B]S)([B]OC(=O)[B]S)C(C)[B]OC(=O)[B]S. The summed E-state index contributed by atoms with van der Waals surface area (Å²) in [5.41, 5.74) is 0. The van der Waals surface area contributed by atoms with E-state index in [1.165, 1.54) is 14.0 Å². The molecule has 0 heterocycles. The van der Waals surface area contributed by atoms with Gasteiger partial charge in [0.2, 0.25) is 23.5 Å². The molecule has 0 aromatic carbocycles. The summed E-state index contributed by atoms with van der Waals surface area (Å²) in [6.45, 7) is 8.75. The van der Waals surface area contributed by atoms with Crippen molar-refractivity contribution < 1.29 is 37.8 Å². The molecule has 0 aliphatic rings. The van der Waals surface area contributed by atoms with Crippen LogP contribution in [0, 0.1) is 0 Å². The molecule has 0 aliphatic heterocycles. The predicted octanol–water partition coefficient (Wildman–Crippen LogP) is 1.76. The molecule has 0 spiro atoms. The minimum Gasteiger partial charge on any atom is -0.546 e. The van der Waals surface area contributed by atoms with Crippen LogP contribution >= 0.6 is 49.1 Å². The Morgan fingerprint density at radius 1 is 0.774 bits per heavy atom. The Balaban J connectivity index is 6.00. The van der Waals surface area contributed by atoms with Crippen molar-refractivity contribution in [3.05, 3.63) is 0 Å². The van der Waals surface area contributed by atoms with Gasteiger partial charge in [0, 0.05) is 5.21 Å². The lowest BCUT2D eigenvalue weighted by molar-refractivity contribution is 0.215. The van der Waals surface area contributed by atoms with Crippen LogP contribution in [0.15, 0.2) is 0 Å². The van der Waals surface area contributed by atoms with Crippen molar-refractivity contribution in [3.63, 3.8) is 0 Å². The molecule has 31 heavy (non-hydrogen) atoms. The minimum absolute atomic E-state index is 0.636. The van der Waals surface area contributed by atoms with Gasteiger partial charge >= 0.3 is 56.2 Å². The first-order valence-electron chi connectivity index (χ1n) is 8.46. The summed E-state index contributed by atoms with van der Waals surface area (Å²) in [5, 5.41) is -2.65. The number of carbonyl (C=O) groups is 4. The summed E-state index contributed by atoms with van der Waals surface area (Å²) in [5.74, 6) is -3.80. The molecular weight excluding hydrogens is 475 g/mol. The normalized spacial score (nSPS) is 11.6. The van der Waals surface area contributed by atoms with Gasteiger partial charge in [-0.25, -0.2) is 49.1 Å². The Labute approximate surface area is 209 Å². The molecule has 1 atom stereocenters. The number of hydrogen-bond acceptors (Lipinski definition) is 12. The second-order valence-corrected chi connectivity index (χ2v) is 7.90. The zero-order valence-corrected chi connectivity index (χ0v) is 20.7. The minimum atomic E-state index is -1.48. The topological polar surface area (TPSA) is 105 Å². The van der Waals surface area contributed by atoms with Crippen molar-refractivity contribution in [2.24, 2.45) is 0 Å². The molecule has 156 valence electrons. The molecule has 8 radical (unpaired) electrons. The molecule has 0 bridgehead atoms. The lowest BCUT2D eigenvalue weighted by Crippen LogP contribution is -2.48. The highest BCUT2D eigenvalue weighted by Gasteiger charge is 2.56. The third-order valence-corrected chi connectivity index (χ3v) is 5.06. The average molecular weight is 491 g/mol. The predicted molar refractivity (Wildman–Crippen MR) is 139 cm³/mol. The molecule has 0 saturated heterocycles. The fourth-order valence-corrected chi connectivity index (χ4v) is 2.68. The van der Waals surface area contributed by atoms with Crippen molar-refractivity contribution in [2.45, 2.75) is 37.1 Å². The smallest absolute Gasteiger partial charge is 0.378 e. The second-order valence-electron chi connectivity index (χ2n) is 6.42. The van der Waals surface area contributed by atoms with E-state index in [2.05, 4.69) is 37.4 Å². The first kappa shape index (κ1) is 30.8. The van der Waals surface area contributed by atoms with E-state index in [1.54, 1.807) is 27.0 Å². The van der Waals surface area contributed by atoms with Gasteiger partial charge in [0.15, 0.2) is 0 Å². The van der Waals surface area contributed by atoms with E-state index in [1.807, 2.05) is 0 Å². The lowest BCUT2D eigenvalue weighted by Gasteiger charge is -2.46. The van der Waals surface area contributed by atoms with Crippen LogP contribution in [0.2, 0.25) is 16.3 Å². The summed E-state index contributed by atoms with van der Waals surface area (Å²) < 4.78 is 20.4. The molecule has 1 unspecified atom stereocenters. The van der Waals surface area contributed by atoms with Crippen LogP contribution in [0.4, 0.5) is 19.2 Å². The summed E-state index contributed by atoms with van der Waals surface area (Å²) in [6, 6.07) is 0. The number of carbonyl (C=O) groups excluding carboxylic acids is 4. The van der Waals surface area contributed by atoms with Gasteiger partial charge in [0.25, 0.3) is 0 Å². The van der Waals surface area contributed by atoms with Crippen molar-refractivity contribution in [3.8, 4) is 0 Å². The second kappa shape index (κ2) is 15.6. The third-order valence-electron chi connectivity index (χ3n) is 4.00. The first-order chi connectivity index (χ1) is 14.5. The highest BCUT2D eigenvalue weighted by molar-refractivity contribution is 8.24. The Kier molecular flexibility index (Phi) is 15.5. The number of hydrogen-bond donors (Lipinski definition) is 3. The van der Waals surface area contributed by atoms with Crippen LogP contribution in [0.5, 0.6) is 0 Å². The molecule has 20 heteroatoms. The summed E-state index contributed by atoms with van der Waals surface area (Å²) in [7, 11) is 4.50. The van der Waals surface area contributed by atoms with Gasteiger partial charge in [-0.15, -0.1) is 0 Å². The Morgan fingerprint density at radius 3 is 1.61 bits per heavy atom. The quantitative estimate of drug-likeness (QED) is 0.234. The molecular formula is C11H16B8O8S4. The van der Waals surface area contributed by atoms with E-state index in [4.69, 9.17) is 18.6 Å². The number of rotatable bonds is 15. The molecule has 0 rings (SSSR count). The van der Waals surface area contributed by atoms with Crippen LogP contribution in [-0.4, -0.2) is 85.9 Å². The van der Waals surface area contributed by atoms with Gasteiger partial charge in [-0.05, 0) is 17.4 Å². The largest absolute Gasteiger partial charge is 0.546 e. The summed E-state index contributed by atoms with van der Waals surface area (Å²) in [6.07, 6.45) is 1.68. The Morgan fingerprint density at radius 2 is 1.19 bits per heavy atom. The van der Waals surface area contributed by atoms with E-state index in [9.17, 15) is 19.2 Å². The van der Waals surface area contributed by atoms with E-state index < -0.39 is 39.8 Å². The molecule has 0 fully saturated rings. The van der Waals surface area contributed by atoms with Gasteiger partial charge in [0.1, 0.15) is 0 Å². The molecule has 0 amide bonds. The monoisotopic (exact) mass is 492 g/mol. The zero-order valence-electron chi connectivity index (χ0n) is 17.2. The van der Waals surface area contributed by atoms with Crippen LogP contribution in [0.25, 0.3) is 0 Å². The van der Waals surface area contributed by atoms with E-state index >= 15 is 0 Å². The van der Waals surface area contributed by atoms with Crippen LogP contribution in [0.1, 0.15) is 20.8 Å². The highest BCUT2D eigenvalue weighted by atomic mass is 32.2. The van der Waals surface area contributed by atoms with E-state index in [0.717, 1.165) is 53.7 Å². The zero-order chi connectivity index (χ0) is 24.1. The lowest BCUT2D eigenvalue weighted by atomic mass is 9.25. The van der Waals surface area contributed by atoms with Crippen molar-refractivity contribution in [2.75, 3.05) is 6.26 Å². The molecule has 0 aromatic heterocycles. The van der Waals surface area contributed by atoms with E-state index in [-0.39, 0.29) is 0 Å². The van der Waals surface area contributed by atoms with Crippen molar-refractivity contribution in [1.29, 1.82) is 0 Å². The van der Waals surface area contributed by atoms with Gasteiger partial charge in [-0.2, -0.15) is 0 Å². The average Bonchev–Trinajstić information content (AvgIpc) is 2.75. The van der Waals surface area contributed by atoms with Crippen LogP contribution in [0.3, 0.4) is 0 Å². The Hall–Kier alpha value is -0.201. The van der Waals surface area contributed by atoms with Crippen molar-refractivity contribution in [1.82, 2.24) is 0 Å². The summed E-state index contributed by atoms with van der Waals surface area (Å²) in [4.78, 5) is 46.8. The maximum absolute atomic E-state index is 11.8. The fraction of sp³-hybridized carbons (Fsp3) is 0.636. The van der Waals surface area contributed by atoms with Gasteiger partial charge in [-0.1, -0.05) is 20.8 Å². The van der Waals surface area contributed by atoms with Gasteiger partial charge in [-0.3, -0.25) is 19.2 Å². The van der Waals surface area contributed by atoms with Crippen LogP contribution in [-0.2, 0) is 18.6 Å². The maximum atomic E-state index is 11.8. The highest BCUT2D eigenvalue weighted by Crippen LogP contribution is 2.57. The summed E-state index contributed by atoms with van der Waals surface area (Å²) >= 11 is 12.3. The number of thiol groups is 3. The first-order valence-corrected chi connectivity index (χ1v) is 11.3. The molecule has 0 saturated carbocycles. The molecule has 0 aliphatic carbocycles. The molecule has 8 nitrogen and oxygen atoms in total. The van der Waals surface area contributed by atoms with E-state index in [0.29, 0.717) is 0 Å². The van der Waals surface area contributed by atoms with Crippen LogP contribution < -0.4 is 0 Å². The third kappa shape index (κ3) is 10.5. The molecule has 0 aromatic rings. The standard InChI is InChI=1S/C11H16B8O8S4/c1-5(12-24-6(20)13-28)11(18-25-7(21)14-29,19-26-8(22)15-30)10(2,3)17-27-9(23)16-31-4/h5,28-30H,1-4H3. The van der Waals surface area contributed by atoms with Gasteiger partial charge in [0.05, 0.1) is 0 Å². The molecule has 0 N–H and O–H groups in total. The van der Waals surface area contributed by atoms with Crippen molar-refractivity contribution >= 4 is 129 Å². The van der Waals surface area contributed by atoms with Gasteiger partial charge < -0.3 is 18.6 Å². The fourth-order valence-electron chi connectivity index (χ4n) is 2.25. The Bertz CT molecular complexity index is 610.